The quantitative estimate of drug-likeness (QED) is 0.784. The predicted molar refractivity (Wildman–Crippen MR) is 61.5 cm³/mol. The van der Waals surface area contributed by atoms with E-state index in [1.807, 2.05) is 0 Å². The van der Waals surface area contributed by atoms with Crippen LogP contribution in [0.3, 0.4) is 0 Å². The van der Waals surface area contributed by atoms with E-state index in [2.05, 4.69) is 4.74 Å². The minimum atomic E-state index is -0.467. The first-order valence-electron chi connectivity index (χ1n) is 5.15. The first kappa shape index (κ1) is 13.3. The van der Waals surface area contributed by atoms with E-state index < -0.39 is 5.97 Å². The zero-order valence-electron chi connectivity index (χ0n) is 10.1. The van der Waals surface area contributed by atoms with Gasteiger partial charge in [-0.1, -0.05) is 0 Å². The number of carbonyl (C=O) groups excluding carboxylic acids is 1. The molecule has 1 rings (SSSR count). The summed E-state index contributed by atoms with van der Waals surface area (Å²) in [4.78, 5) is 11.4. The third kappa shape index (κ3) is 3.64. The number of hydrogen-bond donors (Lipinski definition) is 1. The maximum atomic E-state index is 11.4. The van der Waals surface area contributed by atoms with Crippen molar-refractivity contribution >= 4 is 5.97 Å². The maximum Gasteiger partial charge on any atom is 0.338 e. The van der Waals surface area contributed by atoms with Gasteiger partial charge in [-0.05, 0) is 19.1 Å². The van der Waals surface area contributed by atoms with Gasteiger partial charge in [-0.15, -0.1) is 0 Å². The maximum absolute atomic E-state index is 11.4. The molecule has 0 bridgehead atoms. The van der Waals surface area contributed by atoms with Crippen molar-refractivity contribution in [2.45, 2.75) is 13.0 Å². The Kier molecular flexibility index (Phi) is 4.78. The normalized spacial score (nSPS) is 11.8. The Hall–Kier alpha value is -1.75. The summed E-state index contributed by atoms with van der Waals surface area (Å²) in [6.45, 7) is 1.61. The molecule has 0 amide bonds. The van der Waals surface area contributed by atoms with Gasteiger partial charge in [-0.25, -0.2) is 4.79 Å². The Balaban J connectivity index is 3.00. The van der Waals surface area contributed by atoms with Crippen LogP contribution in [-0.4, -0.2) is 38.0 Å². The average molecular weight is 240 g/mol. The monoisotopic (exact) mass is 240 g/mol. The van der Waals surface area contributed by atoms with Crippen molar-refractivity contribution in [1.82, 2.24) is 0 Å². The lowest BCUT2D eigenvalue weighted by molar-refractivity contribution is 0.0599. The minimum Gasteiger partial charge on any atom is -0.497 e. The Morgan fingerprint density at radius 2 is 1.94 bits per heavy atom. The van der Waals surface area contributed by atoms with E-state index >= 15 is 0 Å². The molecule has 0 saturated carbocycles. The third-order valence-corrected chi connectivity index (χ3v) is 2.13. The van der Waals surface area contributed by atoms with Gasteiger partial charge in [0, 0.05) is 6.07 Å². The highest BCUT2D eigenvalue weighted by Gasteiger charge is 2.11. The van der Waals surface area contributed by atoms with Crippen LogP contribution in [-0.2, 0) is 4.74 Å². The number of rotatable bonds is 5. The number of aliphatic hydroxyl groups excluding tert-OH is 1. The van der Waals surface area contributed by atoms with Gasteiger partial charge in [-0.2, -0.15) is 0 Å². The number of methoxy groups -OCH3 is 2. The molecule has 0 aliphatic carbocycles. The second kappa shape index (κ2) is 6.10. The molecule has 0 spiro atoms. The van der Waals surface area contributed by atoms with E-state index in [1.54, 1.807) is 25.1 Å². The van der Waals surface area contributed by atoms with Crippen molar-refractivity contribution in [1.29, 1.82) is 0 Å². The summed E-state index contributed by atoms with van der Waals surface area (Å²) in [7, 11) is 2.80. The van der Waals surface area contributed by atoms with E-state index in [1.165, 1.54) is 14.2 Å². The Labute approximate surface area is 99.9 Å². The molecule has 1 aromatic carbocycles. The summed E-state index contributed by atoms with van der Waals surface area (Å²) in [6.07, 6.45) is -0.354. The van der Waals surface area contributed by atoms with Crippen molar-refractivity contribution in [2.75, 3.05) is 20.8 Å². The molecular formula is C12H16O5. The Bertz CT molecular complexity index is 388. The van der Waals surface area contributed by atoms with E-state index in [0.717, 1.165) is 0 Å². The first-order valence-corrected chi connectivity index (χ1v) is 5.15. The first-order chi connectivity index (χ1) is 8.10. The third-order valence-electron chi connectivity index (χ3n) is 2.13. The molecule has 17 heavy (non-hydrogen) atoms. The zero-order chi connectivity index (χ0) is 12.8. The van der Waals surface area contributed by atoms with Gasteiger partial charge < -0.3 is 19.3 Å². The largest absolute Gasteiger partial charge is 0.497 e. The number of carbonyl (C=O) groups is 1. The van der Waals surface area contributed by atoms with Crippen molar-refractivity contribution < 1.29 is 24.1 Å². The number of esters is 1. The highest BCUT2D eigenvalue weighted by Crippen LogP contribution is 2.24. The smallest absolute Gasteiger partial charge is 0.338 e. The standard InChI is InChI=1S/C12H16O5/c1-8(7-13)17-11-5-9(12(14)16-3)4-10(6-11)15-2/h4-6,8,13H,7H2,1-3H3/t8-/m0/s1. The summed E-state index contributed by atoms with van der Waals surface area (Å²) in [5.74, 6) is 0.477. The molecule has 0 aromatic heterocycles. The average Bonchev–Trinajstić information content (AvgIpc) is 2.36. The zero-order valence-corrected chi connectivity index (χ0v) is 10.1. The lowest BCUT2D eigenvalue weighted by Crippen LogP contribution is -2.16. The topological polar surface area (TPSA) is 65.0 Å². The van der Waals surface area contributed by atoms with Gasteiger partial charge in [0.15, 0.2) is 0 Å². The minimum absolute atomic E-state index is 0.106. The molecule has 5 heteroatoms. The van der Waals surface area contributed by atoms with Gasteiger partial charge in [0.1, 0.15) is 17.6 Å². The molecule has 1 atom stereocenters. The number of benzene rings is 1. The van der Waals surface area contributed by atoms with Gasteiger partial charge in [0.05, 0.1) is 26.4 Å². The van der Waals surface area contributed by atoms with Crippen LogP contribution in [0.5, 0.6) is 11.5 Å². The van der Waals surface area contributed by atoms with Crippen molar-refractivity contribution in [2.24, 2.45) is 0 Å². The predicted octanol–water partition coefficient (Wildman–Crippen LogP) is 1.24. The van der Waals surface area contributed by atoms with Crippen LogP contribution in [0.1, 0.15) is 17.3 Å². The summed E-state index contributed by atoms with van der Waals surface area (Å²) in [5, 5.41) is 8.90. The van der Waals surface area contributed by atoms with Crippen LogP contribution in [0.2, 0.25) is 0 Å². The number of aliphatic hydroxyl groups is 1. The fraction of sp³-hybridized carbons (Fsp3) is 0.417. The summed E-state index contributed by atoms with van der Waals surface area (Å²) >= 11 is 0. The Morgan fingerprint density at radius 1 is 1.29 bits per heavy atom. The van der Waals surface area contributed by atoms with Crippen molar-refractivity contribution in [3.63, 3.8) is 0 Å². The molecule has 0 heterocycles. The SMILES string of the molecule is COC(=O)c1cc(OC)cc(O[C@@H](C)CO)c1. The molecule has 0 saturated heterocycles. The molecule has 0 unspecified atom stereocenters. The van der Waals surface area contributed by atoms with Crippen molar-refractivity contribution in [3.8, 4) is 11.5 Å². The molecule has 0 aliphatic rings. The lowest BCUT2D eigenvalue weighted by Gasteiger charge is -2.13. The molecular weight excluding hydrogens is 224 g/mol. The molecule has 1 N–H and O–H groups in total. The molecule has 0 fully saturated rings. The number of ether oxygens (including phenoxy) is 3. The summed E-state index contributed by atoms with van der Waals surface area (Å²) in [6, 6.07) is 4.74. The van der Waals surface area contributed by atoms with E-state index in [4.69, 9.17) is 14.6 Å². The van der Waals surface area contributed by atoms with E-state index in [9.17, 15) is 4.79 Å². The fourth-order valence-corrected chi connectivity index (χ4v) is 1.26. The van der Waals surface area contributed by atoms with Crippen LogP contribution in [0.25, 0.3) is 0 Å². The molecule has 0 radical (unpaired) electrons. The van der Waals surface area contributed by atoms with Crippen LogP contribution < -0.4 is 9.47 Å². The highest BCUT2D eigenvalue weighted by atomic mass is 16.5. The molecule has 0 aliphatic heterocycles. The fourth-order valence-electron chi connectivity index (χ4n) is 1.26. The molecule has 94 valence electrons. The second-order valence-electron chi connectivity index (χ2n) is 3.50. The highest BCUT2D eigenvalue weighted by molar-refractivity contribution is 5.90. The van der Waals surface area contributed by atoms with Crippen LogP contribution in [0, 0.1) is 0 Å². The van der Waals surface area contributed by atoms with E-state index in [-0.39, 0.29) is 12.7 Å². The van der Waals surface area contributed by atoms with Crippen LogP contribution in [0.15, 0.2) is 18.2 Å². The summed E-state index contributed by atoms with van der Waals surface area (Å²) in [5.41, 5.74) is 0.340. The molecule has 1 aromatic rings. The second-order valence-corrected chi connectivity index (χ2v) is 3.50. The van der Waals surface area contributed by atoms with Gasteiger partial charge >= 0.3 is 5.97 Å². The van der Waals surface area contributed by atoms with Crippen LogP contribution in [0.4, 0.5) is 0 Å². The van der Waals surface area contributed by atoms with Crippen LogP contribution >= 0.6 is 0 Å². The van der Waals surface area contributed by atoms with Gasteiger partial charge in [-0.3, -0.25) is 0 Å². The summed E-state index contributed by atoms with van der Waals surface area (Å²) < 4.78 is 15.1. The van der Waals surface area contributed by atoms with Crippen molar-refractivity contribution in [3.05, 3.63) is 23.8 Å². The lowest BCUT2D eigenvalue weighted by atomic mass is 10.2. The van der Waals surface area contributed by atoms with Gasteiger partial charge in [0.25, 0.3) is 0 Å². The Morgan fingerprint density at radius 3 is 2.47 bits per heavy atom. The molecule has 5 nitrogen and oxygen atoms in total. The van der Waals surface area contributed by atoms with Gasteiger partial charge in [0.2, 0.25) is 0 Å². The van der Waals surface area contributed by atoms with E-state index in [0.29, 0.717) is 17.1 Å². The number of hydrogen-bond acceptors (Lipinski definition) is 5.